The van der Waals surface area contributed by atoms with Gasteiger partial charge in [-0.15, -0.1) is 5.10 Å². The van der Waals surface area contributed by atoms with Crippen LogP contribution in [0.25, 0.3) is 11.0 Å². The van der Waals surface area contributed by atoms with E-state index in [0.29, 0.717) is 31.8 Å². The van der Waals surface area contributed by atoms with Crippen LogP contribution >= 0.6 is 0 Å². The molecule has 1 fully saturated rings. The van der Waals surface area contributed by atoms with Crippen LogP contribution in [-0.4, -0.2) is 71.2 Å². The van der Waals surface area contributed by atoms with Gasteiger partial charge < -0.3 is 19.7 Å². The van der Waals surface area contributed by atoms with Crippen molar-refractivity contribution in [2.45, 2.75) is 31.5 Å². The first-order valence-electron chi connectivity index (χ1n) is 11.2. The van der Waals surface area contributed by atoms with Gasteiger partial charge in [0.2, 0.25) is 11.8 Å². The Hall–Kier alpha value is -3.30. The summed E-state index contributed by atoms with van der Waals surface area (Å²) in [6.07, 6.45) is 1.68. The molecule has 4 rings (SSSR count). The molecule has 0 bridgehead atoms. The second kappa shape index (κ2) is 11.0. The predicted molar refractivity (Wildman–Crippen MR) is 122 cm³/mol. The number of hydrogen-bond donors (Lipinski definition) is 1. The number of amides is 2. The fraction of sp³-hybridized carbons (Fsp3) is 0.417. The first kappa shape index (κ1) is 22.9. The number of fused-ring (bicyclic) bond motifs is 1. The van der Waals surface area contributed by atoms with Gasteiger partial charge in [-0.3, -0.25) is 9.59 Å². The second-order valence-electron chi connectivity index (χ2n) is 8.01. The molecule has 2 heterocycles. The lowest BCUT2D eigenvalue weighted by atomic mass is 10.0. The number of nitrogens with one attached hydrogen (secondary N) is 1. The molecule has 2 amide bonds. The van der Waals surface area contributed by atoms with E-state index in [4.69, 9.17) is 9.47 Å². The smallest absolute Gasteiger partial charge is 0.247 e. The Morgan fingerprint density at radius 1 is 1.21 bits per heavy atom. The third-order valence-electron chi connectivity index (χ3n) is 5.73. The molecule has 9 nitrogen and oxygen atoms in total. The standard InChI is InChI=1S/C24H29N5O4/c1-32-15-13-25-24(31)23(18-8-3-2-4-9-18)28(16-19-10-7-14-33-19)22(30)17-29-21-12-6-5-11-20(21)26-27-29/h2-6,8-9,11-12,19,23H,7,10,13-17H2,1H3,(H,25,31)/t19-,23-/m1/s1. The van der Waals surface area contributed by atoms with E-state index in [-0.39, 0.29) is 24.5 Å². The predicted octanol–water partition coefficient (Wildman–Crippen LogP) is 1.94. The number of aromatic nitrogens is 3. The summed E-state index contributed by atoms with van der Waals surface area (Å²) in [6, 6.07) is 16.0. The van der Waals surface area contributed by atoms with E-state index in [1.807, 2.05) is 54.6 Å². The van der Waals surface area contributed by atoms with Crippen molar-refractivity contribution in [2.24, 2.45) is 0 Å². The number of carbonyl (C=O) groups excluding carboxylic acids is 2. The highest BCUT2D eigenvalue weighted by atomic mass is 16.5. The normalized spacial score (nSPS) is 16.6. The number of methoxy groups -OCH3 is 1. The van der Waals surface area contributed by atoms with Crippen LogP contribution in [0.2, 0.25) is 0 Å². The van der Waals surface area contributed by atoms with Crippen molar-refractivity contribution < 1.29 is 19.1 Å². The van der Waals surface area contributed by atoms with Crippen molar-refractivity contribution in [3.63, 3.8) is 0 Å². The summed E-state index contributed by atoms with van der Waals surface area (Å²) in [4.78, 5) is 28.6. The first-order valence-corrected chi connectivity index (χ1v) is 11.2. The lowest BCUT2D eigenvalue weighted by Gasteiger charge is -2.33. The highest BCUT2D eigenvalue weighted by molar-refractivity contribution is 5.89. The first-order chi connectivity index (χ1) is 16.2. The fourth-order valence-electron chi connectivity index (χ4n) is 4.09. The van der Waals surface area contributed by atoms with E-state index in [2.05, 4.69) is 15.6 Å². The zero-order chi connectivity index (χ0) is 23.0. The third kappa shape index (κ3) is 5.55. The third-order valence-corrected chi connectivity index (χ3v) is 5.73. The monoisotopic (exact) mass is 451 g/mol. The molecule has 3 aromatic rings. The van der Waals surface area contributed by atoms with E-state index in [1.165, 1.54) is 0 Å². The molecule has 1 aromatic heterocycles. The number of carbonyl (C=O) groups is 2. The maximum atomic E-state index is 13.7. The van der Waals surface area contributed by atoms with E-state index >= 15 is 0 Å². The number of hydrogen-bond acceptors (Lipinski definition) is 6. The van der Waals surface area contributed by atoms with Crippen LogP contribution < -0.4 is 5.32 Å². The van der Waals surface area contributed by atoms with Crippen LogP contribution in [0.4, 0.5) is 0 Å². The van der Waals surface area contributed by atoms with Crippen molar-refractivity contribution >= 4 is 22.8 Å². The molecule has 0 spiro atoms. The summed E-state index contributed by atoms with van der Waals surface area (Å²) in [6.45, 7) is 1.70. The zero-order valence-corrected chi connectivity index (χ0v) is 18.7. The van der Waals surface area contributed by atoms with Crippen LogP contribution in [0.1, 0.15) is 24.4 Å². The average Bonchev–Trinajstić information content (AvgIpc) is 3.50. The van der Waals surface area contributed by atoms with E-state index in [0.717, 1.165) is 23.9 Å². The molecule has 1 aliphatic rings. The van der Waals surface area contributed by atoms with E-state index in [9.17, 15) is 9.59 Å². The maximum absolute atomic E-state index is 13.7. The SMILES string of the molecule is COCCNC(=O)[C@@H](c1ccccc1)N(C[C@H]1CCCO1)C(=O)Cn1nnc2ccccc21. The Morgan fingerprint density at radius 2 is 2.00 bits per heavy atom. The van der Waals surface area contributed by atoms with Crippen molar-refractivity contribution in [3.8, 4) is 0 Å². The fourth-order valence-corrected chi connectivity index (χ4v) is 4.09. The largest absolute Gasteiger partial charge is 0.383 e. The summed E-state index contributed by atoms with van der Waals surface area (Å²) >= 11 is 0. The summed E-state index contributed by atoms with van der Waals surface area (Å²) in [5.74, 6) is -0.482. The molecule has 0 unspecified atom stereocenters. The Balaban J connectivity index is 1.64. The van der Waals surface area contributed by atoms with Crippen molar-refractivity contribution in [1.29, 1.82) is 0 Å². The van der Waals surface area contributed by atoms with E-state index < -0.39 is 6.04 Å². The lowest BCUT2D eigenvalue weighted by molar-refractivity contribution is -0.143. The molecule has 0 radical (unpaired) electrons. The zero-order valence-electron chi connectivity index (χ0n) is 18.7. The molecule has 1 saturated heterocycles. The van der Waals surface area contributed by atoms with Gasteiger partial charge in [-0.05, 0) is 30.5 Å². The van der Waals surface area contributed by atoms with Gasteiger partial charge in [-0.1, -0.05) is 47.7 Å². The molecular weight excluding hydrogens is 422 g/mol. The van der Waals surface area contributed by atoms with Crippen LogP contribution in [0.3, 0.4) is 0 Å². The Bertz CT molecular complexity index is 1060. The van der Waals surface area contributed by atoms with Crippen molar-refractivity contribution in [3.05, 3.63) is 60.2 Å². The number of benzene rings is 2. The van der Waals surface area contributed by atoms with Gasteiger partial charge >= 0.3 is 0 Å². The van der Waals surface area contributed by atoms with Gasteiger partial charge in [-0.2, -0.15) is 0 Å². The topological polar surface area (TPSA) is 98.6 Å². The van der Waals surface area contributed by atoms with E-state index in [1.54, 1.807) is 16.7 Å². The molecule has 174 valence electrons. The Kier molecular flexibility index (Phi) is 7.64. The minimum atomic E-state index is -0.797. The van der Waals surface area contributed by atoms with Gasteiger partial charge in [-0.25, -0.2) is 4.68 Å². The highest BCUT2D eigenvalue weighted by Gasteiger charge is 2.34. The van der Waals surface area contributed by atoms with Gasteiger partial charge in [0.15, 0.2) is 0 Å². The molecule has 33 heavy (non-hydrogen) atoms. The molecule has 2 aromatic carbocycles. The number of rotatable bonds is 10. The minimum Gasteiger partial charge on any atom is -0.383 e. The van der Waals surface area contributed by atoms with Gasteiger partial charge in [0.1, 0.15) is 18.1 Å². The van der Waals surface area contributed by atoms with Gasteiger partial charge in [0.05, 0.1) is 18.2 Å². The Morgan fingerprint density at radius 3 is 2.76 bits per heavy atom. The van der Waals surface area contributed by atoms with Crippen molar-refractivity contribution in [1.82, 2.24) is 25.2 Å². The summed E-state index contributed by atoms with van der Waals surface area (Å²) in [7, 11) is 1.58. The lowest BCUT2D eigenvalue weighted by Crippen LogP contribution is -2.48. The molecule has 9 heteroatoms. The molecular formula is C24H29N5O4. The molecule has 0 aliphatic carbocycles. The number of para-hydroxylation sites is 1. The van der Waals surface area contributed by atoms with Crippen LogP contribution in [0.5, 0.6) is 0 Å². The second-order valence-corrected chi connectivity index (χ2v) is 8.01. The molecule has 1 N–H and O–H groups in total. The maximum Gasteiger partial charge on any atom is 0.247 e. The molecule has 1 aliphatic heterocycles. The summed E-state index contributed by atoms with van der Waals surface area (Å²) in [5, 5.41) is 11.2. The van der Waals surface area contributed by atoms with Crippen molar-refractivity contribution in [2.75, 3.05) is 33.4 Å². The average molecular weight is 452 g/mol. The van der Waals surface area contributed by atoms with Gasteiger partial charge in [0.25, 0.3) is 0 Å². The summed E-state index contributed by atoms with van der Waals surface area (Å²) in [5.41, 5.74) is 2.22. The Labute approximate surface area is 192 Å². The number of nitrogens with zero attached hydrogens (tertiary/aromatic N) is 4. The van der Waals surface area contributed by atoms with Gasteiger partial charge in [0, 0.05) is 26.8 Å². The number of ether oxygens (including phenoxy) is 2. The quantitative estimate of drug-likeness (QED) is 0.473. The van der Waals surface area contributed by atoms with Crippen LogP contribution in [0.15, 0.2) is 54.6 Å². The van der Waals surface area contributed by atoms with Crippen LogP contribution in [-0.2, 0) is 25.6 Å². The molecule has 0 saturated carbocycles. The minimum absolute atomic E-state index is 0.0259. The highest BCUT2D eigenvalue weighted by Crippen LogP contribution is 2.25. The molecule has 2 atom stereocenters. The summed E-state index contributed by atoms with van der Waals surface area (Å²) < 4.78 is 12.5. The van der Waals surface area contributed by atoms with Crippen LogP contribution in [0, 0.1) is 0 Å².